The number of benzene rings is 1. The van der Waals surface area contributed by atoms with Crippen molar-refractivity contribution in [2.75, 3.05) is 39.5 Å². The highest BCUT2D eigenvalue weighted by Crippen LogP contribution is 2.11. The third-order valence-corrected chi connectivity index (χ3v) is 5.12. The Kier molecular flexibility index (Phi) is 5.84. The molecule has 0 saturated carbocycles. The first-order valence-electron chi connectivity index (χ1n) is 7.51. The SMILES string of the molecule is COc1ccc(CNC(=O)N2CCCN(S(C)(=O)=O)CC2)cc1. The molecule has 0 bridgehead atoms. The maximum Gasteiger partial charge on any atom is 0.317 e. The van der Waals surface area contributed by atoms with E-state index in [1.165, 1.54) is 10.6 Å². The van der Waals surface area contributed by atoms with Crippen molar-refractivity contribution in [1.29, 1.82) is 0 Å². The first-order chi connectivity index (χ1) is 10.9. The van der Waals surface area contributed by atoms with Gasteiger partial charge in [-0.05, 0) is 24.1 Å². The molecule has 1 heterocycles. The fourth-order valence-corrected chi connectivity index (χ4v) is 3.34. The molecular formula is C15H23N3O4S. The Labute approximate surface area is 137 Å². The quantitative estimate of drug-likeness (QED) is 0.881. The Bertz CT molecular complexity index is 631. The lowest BCUT2D eigenvalue weighted by Gasteiger charge is -2.21. The molecule has 0 radical (unpaired) electrons. The summed E-state index contributed by atoms with van der Waals surface area (Å²) in [6.07, 6.45) is 1.84. The highest BCUT2D eigenvalue weighted by Gasteiger charge is 2.23. The van der Waals surface area contributed by atoms with E-state index < -0.39 is 10.0 Å². The summed E-state index contributed by atoms with van der Waals surface area (Å²) in [5.41, 5.74) is 0.978. The lowest BCUT2D eigenvalue weighted by molar-refractivity contribution is 0.200. The number of carbonyl (C=O) groups excluding carboxylic acids is 1. The molecule has 2 rings (SSSR count). The molecule has 1 aromatic rings. The van der Waals surface area contributed by atoms with Crippen molar-refractivity contribution in [3.05, 3.63) is 29.8 Å². The summed E-state index contributed by atoms with van der Waals surface area (Å²) in [6.45, 7) is 2.19. The van der Waals surface area contributed by atoms with Crippen LogP contribution >= 0.6 is 0 Å². The van der Waals surface area contributed by atoms with Crippen LogP contribution < -0.4 is 10.1 Å². The topological polar surface area (TPSA) is 79.0 Å². The van der Waals surface area contributed by atoms with Crippen LogP contribution in [0.4, 0.5) is 4.79 Å². The third kappa shape index (κ3) is 5.11. The second kappa shape index (κ2) is 7.65. The van der Waals surface area contributed by atoms with Gasteiger partial charge in [0.1, 0.15) is 5.75 Å². The molecule has 0 atom stereocenters. The van der Waals surface area contributed by atoms with Crippen LogP contribution in [0.5, 0.6) is 5.75 Å². The molecule has 0 spiro atoms. The van der Waals surface area contributed by atoms with Crippen LogP contribution in [0.25, 0.3) is 0 Å². The van der Waals surface area contributed by atoms with Gasteiger partial charge in [0.05, 0.1) is 13.4 Å². The van der Waals surface area contributed by atoms with E-state index in [-0.39, 0.29) is 6.03 Å². The standard InChI is InChI=1S/C15H23N3O4S/c1-22-14-6-4-13(5-7-14)12-16-15(19)17-8-3-9-18(11-10-17)23(2,20)21/h4-7H,3,8-12H2,1-2H3,(H,16,19). The fraction of sp³-hybridized carbons (Fsp3) is 0.533. The predicted octanol–water partition coefficient (Wildman–Crippen LogP) is 0.872. The zero-order valence-corrected chi connectivity index (χ0v) is 14.3. The predicted molar refractivity (Wildman–Crippen MR) is 87.8 cm³/mol. The van der Waals surface area contributed by atoms with E-state index in [0.29, 0.717) is 39.1 Å². The van der Waals surface area contributed by atoms with Gasteiger partial charge in [-0.1, -0.05) is 12.1 Å². The number of nitrogens with zero attached hydrogens (tertiary/aromatic N) is 2. The largest absolute Gasteiger partial charge is 0.497 e. The van der Waals surface area contributed by atoms with Gasteiger partial charge in [0.2, 0.25) is 10.0 Å². The minimum atomic E-state index is -3.20. The molecule has 2 amide bonds. The molecule has 0 unspecified atom stereocenters. The van der Waals surface area contributed by atoms with E-state index in [2.05, 4.69) is 5.32 Å². The molecule has 1 aromatic carbocycles. The van der Waals surface area contributed by atoms with Crippen molar-refractivity contribution in [1.82, 2.24) is 14.5 Å². The highest BCUT2D eigenvalue weighted by atomic mass is 32.2. The Morgan fingerprint density at radius 3 is 2.48 bits per heavy atom. The molecule has 0 aliphatic carbocycles. The van der Waals surface area contributed by atoms with Gasteiger partial charge in [-0.3, -0.25) is 0 Å². The number of hydrogen-bond donors (Lipinski definition) is 1. The van der Waals surface area contributed by atoms with Crippen LogP contribution in [-0.2, 0) is 16.6 Å². The van der Waals surface area contributed by atoms with Gasteiger partial charge >= 0.3 is 6.03 Å². The maximum atomic E-state index is 12.2. The first-order valence-corrected chi connectivity index (χ1v) is 9.36. The second-order valence-electron chi connectivity index (χ2n) is 5.51. The number of carbonyl (C=O) groups is 1. The molecule has 1 fully saturated rings. The van der Waals surface area contributed by atoms with Gasteiger partial charge in [-0.2, -0.15) is 0 Å². The van der Waals surface area contributed by atoms with Gasteiger partial charge < -0.3 is 15.0 Å². The summed E-state index contributed by atoms with van der Waals surface area (Å²) in [5.74, 6) is 0.772. The molecular weight excluding hydrogens is 318 g/mol. The van der Waals surface area contributed by atoms with E-state index in [4.69, 9.17) is 4.74 Å². The fourth-order valence-electron chi connectivity index (χ4n) is 2.46. The summed E-state index contributed by atoms with van der Waals surface area (Å²) in [4.78, 5) is 13.9. The van der Waals surface area contributed by atoms with E-state index in [0.717, 1.165) is 11.3 Å². The Balaban J connectivity index is 1.85. The van der Waals surface area contributed by atoms with Crippen LogP contribution in [0.15, 0.2) is 24.3 Å². The van der Waals surface area contributed by atoms with Gasteiger partial charge in [-0.15, -0.1) is 0 Å². The summed E-state index contributed by atoms with van der Waals surface area (Å²) < 4.78 is 29.7. The number of nitrogens with one attached hydrogen (secondary N) is 1. The Morgan fingerprint density at radius 1 is 1.17 bits per heavy atom. The van der Waals surface area contributed by atoms with Crippen LogP contribution in [0, 0.1) is 0 Å². The zero-order valence-electron chi connectivity index (χ0n) is 13.5. The minimum Gasteiger partial charge on any atom is -0.497 e. The molecule has 1 saturated heterocycles. The molecule has 128 valence electrons. The average molecular weight is 341 g/mol. The Hall–Kier alpha value is -1.80. The van der Waals surface area contributed by atoms with Gasteiger partial charge in [0.15, 0.2) is 0 Å². The molecule has 0 aromatic heterocycles. The van der Waals surface area contributed by atoms with Crippen molar-refractivity contribution in [3.63, 3.8) is 0 Å². The van der Waals surface area contributed by atoms with Gasteiger partial charge in [-0.25, -0.2) is 17.5 Å². The monoisotopic (exact) mass is 341 g/mol. The summed E-state index contributed by atoms with van der Waals surface area (Å²) >= 11 is 0. The number of methoxy groups -OCH3 is 1. The second-order valence-corrected chi connectivity index (χ2v) is 7.49. The number of sulfonamides is 1. The van der Waals surface area contributed by atoms with Crippen LogP contribution in [0.1, 0.15) is 12.0 Å². The van der Waals surface area contributed by atoms with E-state index in [1.807, 2.05) is 24.3 Å². The number of hydrogen-bond acceptors (Lipinski definition) is 4. The lowest BCUT2D eigenvalue weighted by atomic mass is 10.2. The molecule has 8 heteroatoms. The number of rotatable bonds is 4. The van der Waals surface area contributed by atoms with Crippen molar-refractivity contribution < 1.29 is 17.9 Å². The third-order valence-electron chi connectivity index (χ3n) is 3.81. The van der Waals surface area contributed by atoms with Gasteiger partial charge in [0, 0.05) is 32.7 Å². The summed E-state index contributed by atoms with van der Waals surface area (Å²) in [5, 5.41) is 2.87. The first kappa shape index (κ1) is 17.6. The maximum absolute atomic E-state index is 12.2. The van der Waals surface area contributed by atoms with Crippen LogP contribution in [0.3, 0.4) is 0 Å². The van der Waals surface area contributed by atoms with Gasteiger partial charge in [0.25, 0.3) is 0 Å². The van der Waals surface area contributed by atoms with Crippen LogP contribution in [0.2, 0.25) is 0 Å². The zero-order chi connectivity index (χ0) is 16.9. The molecule has 1 aliphatic rings. The Morgan fingerprint density at radius 2 is 1.87 bits per heavy atom. The summed E-state index contributed by atoms with van der Waals surface area (Å²) in [6, 6.07) is 7.31. The van der Waals surface area contributed by atoms with Crippen molar-refractivity contribution in [3.8, 4) is 5.75 Å². The van der Waals surface area contributed by atoms with Crippen molar-refractivity contribution in [2.45, 2.75) is 13.0 Å². The highest BCUT2D eigenvalue weighted by molar-refractivity contribution is 7.88. The van der Waals surface area contributed by atoms with Crippen molar-refractivity contribution >= 4 is 16.1 Å². The molecule has 7 nitrogen and oxygen atoms in total. The van der Waals surface area contributed by atoms with E-state index in [9.17, 15) is 13.2 Å². The van der Waals surface area contributed by atoms with Crippen LogP contribution in [-0.4, -0.2) is 63.2 Å². The minimum absolute atomic E-state index is 0.170. The number of ether oxygens (including phenoxy) is 1. The van der Waals surface area contributed by atoms with E-state index >= 15 is 0 Å². The molecule has 23 heavy (non-hydrogen) atoms. The average Bonchev–Trinajstić information content (AvgIpc) is 2.79. The van der Waals surface area contributed by atoms with Crippen molar-refractivity contribution in [2.24, 2.45) is 0 Å². The summed E-state index contributed by atoms with van der Waals surface area (Å²) in [7, 11) is -1.59. The molecule has 1 aliphatic heterocycles. The normalized spacial score (nSPS) is 16.7. The number of amides is 2. The lowest BCUT2D eigenvalue weighted by Crippen LogP contribution is -2.42. The smallest absolute Gasteiger partial charge is 0.317 e. The van der Waals surface area contributed by atoms with E-state index in [1.54, 1.807) is 12.0 Å². The number of urea groups is 1. The molecule has 1 N–H and O–H groups in total.